The summed E-state index contributed by atoms with van der Waals surface area (Å²) in [6, 6.07) is 0. The van der Waals surface area contributed by atoms with Crippen LogP contribution in [0.1, 0.15) is 19.8 Å². The van der Waals surface area contributed by atoms with Crippen molar-refractivity contribution in [2.45, 2.75) is 56.9 Å². The highest BCUT2D eigenvalue weighted by Gasteiger charge is 2.48. The highest BCUT2D eigenvalue weighted by atomic mass is 19.4. The predicted molar refractivity (Wildman–Crippen MR) is 61.9 cm³/mol. The number of hydrogen-bond acceptors (Lipinski definition) is 2. The van der Waals surface area contributed by atoms with Crippen molar-refractivity contribution in [3.05, 3.63) is 0 Å². The summed E-state index contributed by atoms with van der Waals surface area (Å²) in [5.74, 6) is 0. The van der Waals surface area contributed by atoms with E-state index in [9.17, 15) is 61.5 Å². The van der Waals surface area contributed by atoms with Gasteiger partial charge in [0.05, 0.1) is 13.6 Å². The summed E-state index contributed by atoms with van der Waals surface area (Å²) in [6.07, 6.45) is -30.8. The molecule has 27 heavy (non-hydrogen) atoms. The van der Waals surface area contributed by atoms with Gasteiger partial charge in [0, 0.05) is 6.42 Å². The Labute approximate surface area is 143 Å². The van der Waals surface area contributed by atoms with E-state index in [1.165, 1.54) is 0 Å². The normalized spacial score (nSPS) is 15.1. The van der Waals surface area contributed by atoms with Crippen molar-refractivity contribution in [2.24, 2.45) is 0 Å². The van der Waals surface area contributed by atoms with E-state index in [4.69, 9.17) is 0 Å². The molecule has 0 saturated heterocycles. The van der Waals surface area contributed by atoms with Crippen LogP contribution < -0.4 is 0 Å². The number of ether oxygens (including phenoxy) is 2. The van der Waals surface area contributed by atoms with Gasteiger partial charge in [-0.25, -0.2) is 4.39 Å². The summed E-state index contributed by atoms with van der Waals surface area (Å²) in [5.41, 5.74) is 0. The molecule has 0 N–H and O–H groups in total. The summed E-state index contributed by atoms with van der Waals surface area (Å²) >= 11 is 0. The van der Waals surface area contributed by atoms with Crippen LogP contribution in [0.3, 0.4) is 0 Å². The van der Waals surface area contributed by atoms with E-state index in [2.05, 4.69) is 9.47 Å². The van der Waals surface area contributed by atoms with Crippen molar-refractivity contribution < 1.29 is 70.9 Å². The van der Waals surface area contributed by atoms with Gasteiger partial charge in [-0.15, -0.1) is 0 Å². The summed E-state index contributed by atoms with van der Waals surface area (Å²) in [4.78, 5) is 0. The fourth-order valence-electron chi connectivity index (χ4n) is 0.755. The Balaban J connectivity index is -0.000000607. The molecule has 2 nitrogen and oxygen atoms in total. The van der Waals surface area contributed by atoms with Crippen LogP contribution in [0.2, 0.25) is 0 Å². The molecule has 0 rings (SSSR count). The van der Waals surface area contributed by atoms with Gasteiger partial charge < -0.3 is 9.47 Å². The number of hydrogen-bond donors (Lipinski definition) is 0. The number of alkyl halides is 14. The number of rotatable bonds is 5. The zero-order chi connectivity index (χ0) is 22.7. The van der Waals surface area contributed by atoms with Crippen molar-refractivity contribution in [3.63, 3.8) is 0 Å². The minimum Gasteiger partial charge on any atom is -0.342 e. The molecular weight excluding hydrogens is 430 g/mol. The van der Waals surface area contributed by atoms with Crippen LogP contribution in [0.5, 0.6) is 0 Å². The van der Waals surface area contributed by atoms with Gasteiger partial charge in [0.25, 0.3) is 6.36 Å². The molecule has 0 heterocycles. The maximum absolute atomic E-state index is 12.1. The maximum atomic E-state index is 12.1. The first kappa shape index (κ1) is 30.7. The van der Waals surface area contributed by atoms with Gasteiger partial charge >= 0.3 is 24.7 Å². The second kappa shape index (κ2) is 12.4. The molecule has 16 heteroatoms. The van der Waals surface area contributed by atoms with Gasteiger partial charge in [0.1, 0.15) is 0 Å². The smallest absolute Gasteiger partial charge is 0.342 e. The Morgan fingerprint density at radius 3 is 1.26 bits per heavy atom. The lowest BCUT2D eigenvalue weighted by molar-refractivity contribution is -0.314. The summed E-state index contributed by atoms with van der Waals surface area (Å²) in [5, 5.41) is 0. The first-order chi connectivity index (χ1) is 11.8. The van der Waals surface area contributed by atoms with Crippen LogP contribution >= 0.6 is 0 Å². The molecule has 0 radical (unpaired) electrons. The summed E-state index contributed by atoms with van der Waals surface area (Å²) in [7, 11) is 0.500. The fraction of sp³-hybridized carbons (Fsp3) is 1.00. The molecule has 0 saturated carbocycles. The Morgan fingerprint density at radius 1 is 0.667 bits per heavy atom. The largest absolute Gasteiger partial charge is 0.445 e. The summed E-state index contributed by atoms with van der Waals surface area (Å²) in [6.45, 7) is -0.846. The molecule has 0 spiro atoms. The summed E-state index contributed by atoms with van der Waals surface area (Å²) < 4.78 is 166. The first-order valence-electron chi connectivity index (χ1n) is 6.31. The average Bonchev–Trinajstić information content (AvgIpc) is 2.45. The fourth-order valence-corrected chi connectivity index (χ4v) is 0.755. The van der Waals surface area contributed by atoms with Gasteiger partial charge in [0.15, 0.2) is 12.9 Å². The minimum absolute atomic E-state index is 0.500. The Hall–Kier alpha value is -1.06. The molecule has 0 aliphatic heterocycles. The first-order valence-corrected chi connectivity index (χ1v) is 6.31. The molecule has 0 aliphatic rings. The predicted octanol–water partition coefficient (Wildman–Crippen LogP) is 6.26. The van der Waals surface area contributed by atoms with Gasteiger partial charge in [-0.05, 0) is 0 Å². The third kappa shape index (κ3) is 21.1. The monoisotopic (exact) mass is 444 g/mol. The third-order valence-corrected chi connectivity index (χ3v) is 1.92. The highest BCUT2D eigenvalue weighted by Crippen LogP contribution is 2.33. The van der Waals surface area contributed by atoms with Crippen LogP contribution in [0.4, 0.5) is 61.5 Å². The highest BCUT2D eigenvalue weighted by molar-refractivity contribution is 4.71. The van der Waals surface area contributed by atoms with E-state index in [0.29, 0.717) is 7.18 Å². The average molecular weight is 444 g/mol. The zero-order valence-corrected chi connectivity index (χ0v) is 13.4. The van der Waals surface area contributed by atoms with E-state index < -0.39 is 56.8 Å². The van der Waals surface area contributed by atoms with Crippen LogP contribution in [0.15, 0.2) is 0 Å². The molecule has 0 aromatic heterocycles. The Morgan fingerprint density at radius 2 is 1.04 bits per heavy atom. The van der Waals surface area contributed by atoms with Crippen molar-refractivity contribution in [3.8, 4) is 0 Å². The molecule has 0 aliphatic carbocycles. The topological polar surface area (TPSA) is 18.5 Å². The second-order valence-corrected chi connectivity index (χ2v) is 4.13. The van der Waals surface area contributed by atoms with Crippen LogP contribution in [0, 0.1) is 0 Å². The molecule has 0 aromatic carbocycles. The molecule has 0 amide bonds. The van der Waals surface area contributed by atoms with Crippen molar-refractivity contribution in [1.29, 1.82) is 0 Å². The number of halogens is 14. The van der Waals surface area contributed by atoms with Gasteiger partial charge in [-0.3, -0.25) is 4.39 Å². The second-order valence-electron chi connectivity index (χ2n) is 4.13. The van der Waals surface area contributed by atoms with Crippen molar-refractivity contribution in [2.75, 3.05) is 14.0 Å². The molecular formula is C11H14F14O2. The molecule has 0 fully saturated rings. The Kier molecular flexibility index (Phi) is 14.1. The minimum atomic E-state index is -5.51. The van der Waals surface area contributed by atoms with Gasteiger partial charge in [-0.1, -0.05) is 6.92 Å². The lowest BCUT2D eigenvalue weighted by Crippen LogP contribution is -2.38. The van der Waals surface area contributed by atoms with Crippen molar-refractivity contribution >= 4 is 0 Å². The van der Waals surface area contributed by atoms with Crippen LogP contribution in [0.25, 0.3) is 0 Å². The zero-order valence-electron chi connectivity index (χ0n) is 13.4. The van der Waals surface area contributed by atoms with Gasteiger partial charge in [-0.2, -0.15) is 52.7 Å². The van der Waals surface area contributed by atoms with E-state index in [1.807, 2.05) is 0 Å². The third-order valence-electron chi connectivity index (χ3n) is 1.92. The Bertz CT molecular complexity index is 356. The van der Waals surface area contributed by atoms with E-state index in [-0.39, 0.29) is 0 Å². The SMILES string of the molecule is CCC(F)(F)F.CF.FC(OCOC(CC(F)(F)F)C(F)(F)F)C(F)(F)F. The van der Waals surface area contributed by atoms with Crippen LogP contribution in [-0.4, -0.2) is 51.1 Å². The molecule has 2 unspecified atom stereocenters. The van der Waals surface area contributed by atoms with E-state index in [1.54, 1.807) is 0 Å². The van der Waals surface area contributed by atoms with Crippen LogP contribution in [-0.2, 0) is 9.47 Å². The standard InChI is InChI=1S/C7H6F10O2.C3H5F3.CH3F/c8-4(7(15,16)17)19-2-18-3(6(12,13)14)1-5(9,10)11;1-2-3(4,5)6;1-2/h3-4H,1-2H2;2H2,1H3;1H3. The maximum Gasteiger partial charge on any atom is 0.445 e. The van der Waals surface area contributed by atoms with E-state index >= 15 is 0 Å². The van der Waals surface area contributed by atoms with E-state index in [0.717, 1.165) is 6.92 Å². The van der Waals surface area contributed by atoms with Gasteiger partial charge in [0.2, 0.25) is 0 Å². The molecule has 2 atom stereocenters. The molecule has 0 aromatic rings. The van der Waals surface area contributed by atoms with Crippen molar-refractivity contribution in [1.82, 2.24) is 0 Å². The molecule has 168 valence electrons. The quantitative estimate of drug-likeness (QED) is 0.368. The lowest BCUT2D eigenvalue weighted by atomic mass is 10.2. The lowest BCUT2D eigenvalue weighted by Gasteiger charge is -2.22. The molecule has 0 bridgehead atoms.